The zero-order valence-corrected chi connectivity index (χ0v) is 14.9. The third-order valence-electron chi connectivity index (χ3n) is 4.40. The summed E-state index contributed by atoms with van der Waals surface area (Å²) in [6.07, 6.45) is 4.86. The van der Waals surface area contributed by atoms with E-state index in [4.69, 9.17) is 5.11 Å². The molecule has 128 valence electrons. The van der Waals surface area contributed by atoms with Crippen LogP contribution in [0.5, 0.6) is 0 Å². The van der Waals surface area contributed by atoms with Crippen LogP contribution in [0.4, 0.5) is 0 Å². The number of hydrogen-bond donors (Lipinski definition) is 1. The number of aromatic nitrogens is 1. The molecule has 0 spiro atoms. The van der Waals surface area contributed by atoms with E-state index in [9.17, 15) is 4.79 Å². The van der Waals surface area contributed by atoms with E-state index in [0.717, 1.165) is 23.0 Å². The number of para-hydroxylation sites is 1. The van der Waals surface area contributed by atoms with Gasteiger partial charge in [0, 0.05) is 35.3 Å². The van der Waals surface area contributed by atoms with Crippen LogP contribution in [0, 0.1) is 0 Å². The lowest BCUT2D eigenvalue weighted by Gasteiger charge is -2.19. The highest BCUT2D eigenvalue weighted by molar-refractivity contribution is 5.93. The third kappa shape index (κ3) is 3.82. The average molecular weight is 333 g/mol. The molecule has 1 N–H and O–H groups in total. The van der Waals surface area contributed by atoms with E-state index in [1.54, 1.807) is 6.08 Å². The second kappa shape index (κ2) is 6.60. The first kappa shape index (κ1) is 17.0. The van der Waals surface area contributed by atoms with Gasteiger partial charge in [0.2, 0.25) is 0 Å². The Bertz CT molecular complexity index is 925. The molecule has 0 bridgehead atoms. The molecule has 0 aliphatic rings. The zero-order valence-electron chi connectivity index (χ0n) is 14.9. The fourth-order valence-electron chi connectivity index (χ4n) is 3.01. The Morgan fingerprint density at radius 2 is 1.76 bits per heavy atom. The monoisotopic (exact) mass is 333 g/mol. The molecule has 3 nitrogen and oxygen atoms in total. The van der Waals surface area contributed by atoms with E-state index < -0.39 is 5.97 Å². The summed E-state index contributed by atoms with van der Waals surface area (Å²) < 4.78 is 2.17. The number of carboxylic acid groups (broad SMARTS) is 1. The number of aliphatic carboxylic acids is 1. The first-order chi connectivity index (χ1) is 11.8. The van der Waals surface area contributed by atoms with Gasteiger partial charge in [-0.15, -0.1) is 0 Å². The van der Waals surface area contributed by atoms with Crippen LogP contribution in [0.15, 0.2) is 60.8 Å². The summed E-state index contributed by atoms with van der Waals surface area (Å²) in [6.45, 7) is 7.39. The number of rotatable bonds is 4. The van der Waals surface area contributed by atoms with Gasteiger partial charge in [-0.3, -0.25) is 0 Å². The summed E-state index contributed by atoms with van der Waals surface area (Å²) in [5.41, 5.74) is 4.71. The highest BCUT2D eigenvalue weighted by Gasteiger charge is 2.13. The standard InChI is InChI=1S/C22H23NO2/c1-22(2,3)18-11-8-16(9-12-18)14-23-15-17(10-13-21(24)25)19-6-4-5-7-20(19)23/h4-13,15H,14H2,1-3H3,(H,24,25)/b13-10+. The largest absolute Gasteiger partial charge is 0.478 e. The van der Waals surface area contributed by atoms with Crippen LogP contribution in [0.3, 0.4) is 0 Å². The summed E-state index contributed by atoms with van der Waals surface area (Å²) >= 11 is 0. The third-order valence-corrected chi connectivity index (χ3v) is 4.40. The second-order valence-corrected chi connectivity index (χ2v) is 7.35. The zero-order chi connectivity index (χ0) is 18.0. The van der Waals surface area contributed by atoms with Gasteiger partial charge < -0.3 is 9.67 Å². The van der Waals surface area contributed by atoms with E-state index in [1.165, 1.54) is 17.2 Å². The van der Waals surface area contributed by atoms with Crippen LogP contribution in [0.25, 0.3) is 17.0 Å². The Morgan fingerprint density at radius 3 is 2.40 bits per heavy atom. The molecule has 3 rings (SSSR count). The number of nitrogens with zero attached hydrogens (tertiary/aromatic N) is 1. The maximum absolute atomic E-state index is 10.8. The number of carbonyl (C=O) groups is 1. The minimum atomic E-state index is -0.936. The maximum atomic E-state index is 10.8. The minimum absolute atomic E-state index is 0.146. The first-order valence-electron chi connectivity index (χ1n) is 8.43. The van der Waals surface area contributed by atoms with Crippen molar-refractivity contribution in [3.8, 4) is 0 Å². The van der Waals surface area contributed by atoms with Crippen molar-refractivity contribution in [2.75, 3.05) is 0 Å². The van der Waals surface area contributed by atoms with Gasteiger partial charge in [-0.2, -0.15) is 0 Å². The molecule has 25 heavy (non-hydrogen) atoms. The number of fused-ring (bicyclic) bond motifs is 1. The molecule has 3 aromatic rings. The molecule has 0 fully saturated rings. The number of benzene rings is 2. The predicted octanol–water partition coefficient (Wildman–Crippen LogP) is 5.08. The van der Waals surface area contributed by atoms with E-state index in [-0.39, 0.29) is 5.41 Å². The van der Waals surface area contributed by atoms with Gasteiger partial charge in [-0.1, -0.05) is 63.2 Å². The van der Waals surface area contributed by atoms with Crippen molar-refractivity contribution in [2.45, 2.75) is 32.7 Å². The molecule has 0 aliphatic heterocycles. The number of hydrogen-bond acceptors (Lipinski definition) is 1. The molecular formula is C22H23NO2. The van der Waals surface area contributed by atoms with Gasteiger partial charge in [-0.25, -0.2) is 4.79 Å². The molecule has 0 saturated carbocycles. The van der Waals surface area contributed by atoms with E-state index >= 15 is 0 Å². The highest BCUT2D eigenvalue weighted by Crippen LogP contribution is 2.25. The minimum Gasteiger partial charge on any atom is -0.478 e. The van der Waals surface area contributed by atoms with Crippen LogP contribution >= 0.6 is 0 Å². The molecule has 0 amide bonds. The molecule has 2 aromatic carbocycles. The van der Waals surface area contributed by atoms with Gasteiger partial charge in [-0.05, 0) is 28.7 Å². The van der Waals surface area contributed by atoms with Crippen molar-refractivity contribution >= 4 is 22.9 Å². The van der Waals surface area contributed by atoms with Crippen molar-refractivity contribution in [3.05, 3.63) is 77.5 Å². The fraction of sp³-hybridized carbons (Fsp3) is 0.227. The first-order valence-corrected chi connectivity index (χ1v) is 8.43. The van der Waals surface area contributed by atoms with E-state index in [1.807, 2.05) is 24.4 Å². The summed E-state index contributed by atoms with van der Waals surface area (Å²) in [7, 11) is 0. The molecule has 0 saturated heterocycles. The van der Waals surface area contributed by atoms with Crippen LogP contribution in [-0.2, 0) is 16.8 Å². The van der Waals surface area contributed by atoms with Gasteiger partial charge in [0.1, 0.15) is 0 Å². The summed E-state index contributed by atoms with van der Waals surface area (Å²) in [5, 5.41) is 9.95. The van der Waals surface area contributed by atoms with Crippen LogP contribution < -0.4 is 0 Å². The van der Waals surface area contributed by atoms with Crippen molar-refractivity contribution in [1.82, 2.24) is 4.57 Å². The Morgan fingerprint density at radius 1 is 1.08 bits per heavy atom. The average Bonchev–Trinajstić information content (AvgIpc) is 2.91. The van der Waals surface area contributed by atoms with Crippen LogP contribution in [-0.4, -0.2) is 15.6 Å². The molecular weight excluding hydrogens is 310 g/mol. The lowest BCUT2D eigenvalue weighted by molar-refractivity contribution is -0.131. The molecule has 3 heteroatoms. The fourth-order valence-corrected chi connectivity index (χ4v) is 3.01. The topological polar surface area (TPSA) is 42.2 Å². The van der Waals surface area contributed by atoms with Crippen LogP contribution in [0.1, 0.15) is 37.5 Å². The second-order valence-electron chi connectivity index (χ2n) is 7.35. The van der Waals surface area contributed by atoms with Crippen LogP contribution in [0.2, 0.25) is 0 Å². The quantitative estimate of drug-likeness (QED) is 0.676. The SMILES string of the molecule is CC(C)(C)c1ccc(Cn2cc(/C=C/C(=O)O)c3ccccc32)cc1. The van der Waals surface area contributed by atoms with Crippen molar-refractivity contribution in [1.29, 1.82) is 0 Å². The Labute approximate surface area is 148 Å². The van der Waals surface area contributed by atoms with Gasteiger partial charge in [0.15, 0.2) is 0 Å². The van der Waals surface area contributed by atoms with Crippen molar-refractivity contribution in [2.24, 2.45) is 0 Å². The highest BCUT2D eigenvalue weighted by atomic mass is 16.4. The summed E-state index contributed by atoms with van der Waals surface area (Å²) in [6, 6.07) is 16.8. The molecule has 1 heterocycles. The van der Waals surface area contributed by atoms with Crippen molar-refractivity contribution < 1.29 is 9.90 Å². The Balaban J connectivity index is 1.95. The molecule has 0 aliphatic carbocycles. The summed E-state index contributed by atoms with van der Waals surface area (Å²) in [4.78, 5) is 10.8. The van der Waals surface area contributed by atoms with Gasteiger partial charge in [0.05, 0.1) is 0 Å². The van der Waals surface area contributed by atoms with E-state index in [2.05, 4.69) is 55.7 Å². The molecule has 0 unspecified atom stereocenters. The lowest BCUT2D eigenvalue weighted by Crippen LogP contribution is -2.10. The Kier molecular flexibility index (Phi) is 4.49. The normalized spacial score (nSPS) is 12.1. The summed E-state index contributed by atoms with van der Waals surface area (Å²) in [5.74, 6) is -0.936. The molecule has 0 atom stereocenters. The molecule has 0 radical (unpaired) electrons. The molecule has 1 aromatic heterocycles. The van der Waals surface area contributed by atoms with E-state index in [0.29, 0.717) is 0 Å². The van der Waals surface area contributed by atoms with Crippen molar-refractivity contribution in [3.63, 3.8) is 0 Å². The van der Waals surface area contributed by atoms with Gasteiger partial charge in [0.25, 0.3) is 0 Å². The predicted molar refractivity (Wildman–Crippen MR) is 103 cm³/mol. The van der Waals surface area contributed by atoms with Gasteiger partial charge >= 0.3 is 5.97 Å². The lowest BCUT2D eigenvalue weighted by atomic mass is 9.87. The Hall–Kier alpha value is -2.81. The smallest absolute Gasteiger partial charge is 0.328 e. The number of carboxylic acids is 1. The maximum Gasteiger partial charge on any atom is 0.328 e.